The molecule has 200 valence electrons. The summed E-state index contributed by atoms with van der Waals surface area (Å²) in [6, 6.07) is 22.8. The van der Waals surface area contributed by atoms with Gasteiger partial charge in [0.2, 0.25) is 5.54 Å². The van der Waals surface area contributed by atoms with Crippen LogP contribution in [0.5, 0.6) is 0 Å². The van der Waals surface area contributed by atoms with E-state index in [1.54, 1.807) is 34.6 Å². The second-order valence-corrected chi connectivity index (χ2v) is 10.0. The molecule has 0 aliphatic heterocycles. The summed E-state index contributed by atoms with van der Waals surface area (Å²) in [6.45, 7) is 8.62. The van der Waals surface area contributed by atoms with Gasteiger partial charge in [0.25, 0.3) is 0 Å². The molecule has 1 atom stereocenters. The highest BCUT2D eigenvalue weighted by Gasteiger charge is 2.48. The van der Waals surface area contributed by atoms with E-state index in [4.69, 9.17) is 15.2 Å². The normalized spacial score (nSPS) is 12.6. The number of nitrogens with zero attached hydrogens (tertiary/aromatic N) is 2. The summed E-state index contributed by atoms with van der Waals surface area (Å²) in [7, 11) is 0. The molecule has 0 radical (unpaired) electrons. The zero-order valence-corrected chi connectivity index (χ0v) is 22.7. The van der Waals surface area contributed by atoms with E-state index in [0.717, 1.165) is 10.8 Å². The summed E-state index contributed by atoms with van der Waals surface area (Å²) in [4.78, 5) is 26.9. The smallest absolute Gasteiger partial charge is 0.409 e. The summed E-state index contributed by atoms with van der Waals surface area (Å²) in [5.74, 6) is 5.42. The van der Waals surface area contributed by atoms with Gasteiger partial charge in [-0.05, 0) is 69.7 Å². The maximum Gasteiger partial charge on any atom is 0.409 e. The first-order valence-electron chi connectivity index (χ1n) is 12.7. The van der Waals surface area contributed by atoms with E-state index in [2.05, 4.69) is 22.3 Å². The molecule has 0 aliphatic rings. The number of esters is 1. The first-order chi connectivity index (χ1) is 18.5. The molecule has 8 heteroatoms. The van der Waals surface area contributed by atoms with E-state index in [1.807, 2.05) is 72.8 Å². The van der Waals surface area contributed by atoms with E-state index >= 15 is 0 Å². The Morgan fingerprint density at radius 2 is 1.67 bits per heavy atom. The van der Waals surface area contributed by atoms with Gasteiger partial charge in [0.1, 0.15) is 11.4 Å². The first kappa shape index (κ1) is 27.3. The van der Waals surface area contributed by atoms with Crippen LogP contribution in [0.4, 0.5) is 10.6 Å². The first-order valence-corrected chi connectivity index (χ1v) is 12.7. The fraction of sp³-hybridized carbons (Fsp3) is 0.258. The number of anilines is 1. The second-order valence-electron chi connectivity index (χ2n) is 10.0. The summed E-state index contributed by atoms with van der Waals surface area (Å²) in [6.07, 6.45) is -0.852. The van der Waals surface area contributed by atoms with Crippen molar-refractivity contribution in [2.75, 3.05) is 12.3 Å². The number of aryl methyl sites for hydroxylation is 1. The number of rotatable bonds is 5. The Bertz CT molecular complexity index is 1580. The number of benzene rings is 3. The molecule has 0 unspecified atom stereocenters. The molecule has 1 aromatic heterocycles. The van der Waals surface area contributed by atoms with Crippen molar-refractivity contribution in [1.82, 2.24) is 15.1 Å². The van der Waals surface area contributed by atoms with Gasteiger partial charge in [-0.1, -0.05) is 60.4 Å². The number of fused-ring (bicyclic) bond motifs is 1. The Balaban J connectivity index is 1.95. The molecule has 0 saturated carbocycles. The molecule has 0 fully saturated rings. The van der Waals surface area contributed by atoms with Gasteiger partial charge < -0.3 is 15.2 Å². The van der Waals surface area contributed by atoms with Crippen LogP contribution in [-0.4, -0.2) is 34.1 Å². The van der Waals surface area contributed by atoms with Gasteiger partial charge in [0.05, 0.1) is 23.6 Å². The molecular weight excluding hydrogens is 492 g/mol. The van der Waals surface area contributed by atoms with Crippen LogP contribution in [0.25, 0.3) is 16.5 Å². The van der Waals surface area contributed by atoms with Gasteiger partial charge in [-0.15, -0.1) is 0 Å². The third-order valence-corrected chi connectivity index (χ3v) is 5.89. The highest BCUT2D eigenvalue weighted by Crippen LogP contribution is 2.33. The fourth-order valence-electron chi connectivity index (χ4n) is 4.26. The Kier molecular flexibility index (Phi) is 7.63. The lowest BCUT2D eigenvalue weighted by Gasteiger charge is -2.29. The molecule has 0 aliphatic carbocycles. The maximum atomic E-state index is 13.8. The van der Waals surface area contributed by atoms with E-state index in [-0.39, 0.29) is 18.0 Å². The minimum atomic E-state index is -2.01. The molecule has 39 heavy (non-hydrogen) atoms. The van der Waals surface area contributed by atoms with Crippen LogP contribution in [0.15, 0.2) is 72.8 Å². The molecule has 3 aromatic carbocycles. The van der Waals surface area contributed by atoms with Gasteiger partial charge in [-0.25, -0.2) is 14.3 Å². The zero-order chi connectivity index (χ0) is 28.2. The SMILES string of the molecule is CCOC(=O)[C@@](C#Cc1ccc2ccccc2c1)(NC(=O)OC(C)(C)C)c1c(C)nn(-c2ccccc2)c1N. The molecule has 0 spiro atoms. The van der Waals surface area contributed by atoms with Gasteiger partial charge in [-0.2, -0.15) is 5.10 Å². The van der Waals surface area contributed by atoms with Crippen LogP contribution in [-0.2, 0) is 19.8 Å². The number of amides is 1. The Hall–Kier alpha value is -4.77. The third-order valence-electron chi connectivity index (χ3n) is 5.89. The monoisotopic (exact) mass is 524 g/mol. The van der Waals surface area contributed by atoms with Gasteiger partial charge in [0.15, 0.2) is 0 Å². The summed E-state index contributed by atoms with van der Waals surface area (Å²) < 4.78 is 12.5. The van der Waals surface area contributed by atoms with Crippen LogP contribution in [0.1, 0.15) is 44.5 Å². The molecular formula is C31H32N4O4. The van der Waals surface area contributed by atoms with Crippen molar-refractivity contribution in [2.45, 2.75) is 45.8 Å². The quantitative estimate of drug-likeness (QED) is 0.273. The lowest BCUT2D eigenvalue weighted by atomic mass is 9.89. The molecule has 4 rings (SSSR count). The van der Waals surface area contributed by atoms with Gasteiger partial charge in [-0.3, -0.25) is 5.32 Å². The van der Waals surface area contributed by atoms with Crippen molar-refractivity contribution in [3.63, 3.8) is 0 Å². The molecule has 3 N–H and O–H groups in total. The number of para-hydroxylation sites is 1. The number of hydrogen-bond donors (Lipinski definition) is 2. The number of nitrogen functional groups attached to an aromatic ring is 1. The minimum absolute atomic E-state index is 0.0556. The van der Waals surface area contributed by atoms with Crippen LogP contribution in [0.2, 0.25) is 0 Å². The van der Waals surface area contributed by atoms with E-state index < -0.39 is 23.2 Å². The number of carbonyl (C=O) groups excluding carboxylic acids is 2. The molecule has 1 amide bonds. The van der Waals surface area contributed by atoms with Crippen molar-refractivity contribution in [3.8, 4) is 17.5 Å². The largest absolute Gasteiger partial charge is 0.463 e. The number of aromatic nitrogens is 2. The average Bonchev–Trinajstić information content (AvgIpc) is 3.20. The van der Waals surface area contributed by atoms with Crippen LogP contribution >= 0.6 is 0 Å². The summed E-state index contributed by atoms with van der Waals surface area (Å²) in [5, 5.41) is 9.33. The maximum absolute atomic E-state index is 13.8. The lowest BCUT2D eigenvalue weighted by Crippen LogP contribution is -2.53. The number of alkyl carbamates (subject to hydrolysis) is 1. The Morgan fingerprint density at radius 1 is 1.00 bits per heavy atom. The van der Waals surface area contributed by atoms with Crippen molar-refractivity contribution in [1.29, 1.82) is 0 Å². The zero-order valence-electron chi connectivity index (χ0n) is 22.7. The van der Waals surface area contributed by atoms with Crippen LogP contribution < -0.4 is 11.1 Å². The highest BCUT2D eigenvalue weighted by molar-refractivity contribution is 5.93. The number of hydrogen-bond acceptors (Lipinski definition) is 6. The second kappa shape index (κ2) is 10.9. The summed E-state index contributed by atoms with van der Waals surface area (Å²) >= 11 is 0. The van der Waals surface area contributed by atoms with Crippen molar-refractivity contribution in [2.24, 2.45) is 0 Å². The van der Waals surface area contributed by atoms with Crippen LogP contribution in [0.3, 0.4) is 0 Å². The van der Waals surface area contributed by atoms with Crippen molar-refractivity contribution in [3.05, 3.63) is 89.6 Å². The van der Waals surface area contributed by atoms with Crippen LogP contribution in [0, 0.1) is 18.8 Å². The molecule has 4 aromatic rings. The minimum Gasteiger partial charge on any atom is -0.463 e. The third kappa shape index (κ3) is 5.88. The fourth-order valence-corrected chi connectivity index (χ4v) is 4.26. The van der Waals surface area contributed by atoms with E-state index in [0.29, 0.717) is 16.9 Å². The number of carbonyl (C=O) groups is 2. The van der Waals surface area contributed by atoms with Crippen molar-refractivity contribution >= 4 is 28.7 Å². The topological polar surface area (TPSA) is 108 Å². The van der Waals surface area contributed by atoms with Gasteiger partial charge in [0, 0.05) is 5.56 Å². The summed E-state index contributed by atoms with van der Waals surface area (Å²) in [5.41, 5.74) is 5.73. The van der Waals surface area contributed by atoms with Gasteiger partial charge >= 0.3 is 12.1 Å². The number of ether oxygens (including phenoxy) is 2. The number of nitrogens with one attached hydrogen (secondary N) is 1. The molecule has 0 bridgehead atoms. The van der Waals surface area contributed by atoms with Crippen molar-refractivity contribution < 1.29 is 19.1 Å². The standard InChI is InChI=1S/C31H32N4O4/c1-6-38-28(36)31(33-29(37)39-30(3,4)5,19-18-22-16-17-23-12-10-11-13-24(23)20-22)26-21(2)34-35(27(26)32)25-14-8-7-9-15-25/h7-17,20H,6,32H2,1-5H3,(H,33,37)/t31-/m0/s1. The number of nitrogens with two attached hydrogens (primary N) is 1. The van der Waals surface area contributed by atoms with E-state index in [9.17, 15) is 9.59 Å². The lowest BCUT2D eigenvalue weighted by molar-refractivity contribution is -0.149. The Labute approximate surface area is 228 Å². The molecule has 0 saturated heterocycles. The molecule has 1 heterocycles. The Morgan fingerprint density at radius 3 is 2.33 bits per heavy atom. The predicted molar refractivity (Wildman–Crippen MR) is 151 cm³/mol. The average molecular weight is 525 g/mol. The highest BCUT2D eigenvalue weighted by atomic mass is 16.6. The predicted octanol–water partition coefficient (Wildman–Crippen LogP) is 5.25. The molecule has 8 nitrogen and oxygen atoms in total. The van der Waals surface area contributed by atoms with E-state index in [1.165, 1.54) is 4.68 Å².